The Morgan fingerprint density at radius 1 is 1.35 bits per heavy atom. The van der Waals surface area contributed by atoms with Crippen LogP contribution in [-0.2, 0) is 14.4 Å². The maximum atomic E-state index is 12.3. The number of hydroxylamine groups is 2. The molecule has 118 valence electrons. The molecule has 8 heteroatoms. The van der Waals surface area contributed by atoms with Gasteiger partial charge in [-0.3, -0.25) is 9.63 Å². The topological polar surface area (TPSA) is 88.1 Å². The summed E-state index contributed by atoms with van der Waals surface area (Å²) in [7, 11) is 4.19. The van der Waals surface area contributed by atoms with Crippen LogP contribution < -0.4 is 5.32 Å². The summed E-state index contributed by atoms with van der Waals surface area (Å²) in [5.41, 5.74) is 0. The van der Waals surface area contributed by atoms with Crippen LogP contribution in [0.15, 0.2) is 0 Å². The van der Waals surface area contributed by atoms with Gasteiger partial charge in [0.05, 0.1) is 14.2 Å². The molecule has 0 aliphatic heterocycles. The number of alkyl carbamates (subject to hydrolysis) is 1. The molecule has 0 saturated heterocycles. The van der Waals surface area contributed by atoms with Crippen LogP contribution in [0.3, 0.4) is 0 Å². The Kier molecular flexibility index (Phi) is 9.35. The maximum absolute atomic E-state index is 12.3. The van der Waals surface area contributed by atoms with Gasteiger partial charge < -0.3 is 15.2 Å². The van der Waals surface area contributed by atoms with Crippen molar-refractivity contribution in [2.24, 2.45) is 0 Å². The molecule has 0 spiro atoms. The summed E-state index contributed by atoms with van der Waals surface area (Å²) >= 11 is 1.42. The Hall–Kier alpha value is -0.990. The third-order valence-corrected chi connectivity index (χ3v) is 4.19. The molecule has 0 aromatic rings. The first kappa shape index (κ1) is 19.0. The van der Waals surface area contributed by atoms with E-state index in [2.05, 4.69) is 10.1 Å². The van der Waals surface area contributed by atoms with E-state index in [1.807, 2.05) is 0 Å². The van der Waals surface area contributed by atoms with E-state index in [9.17, 15) is 9.59 Å². The Bertz CT molecular complexity index is 316. The molecule has 0 aromatic carbocycles. The number of nitrogens with one attached hydrogen (secondary N) is 1. The van der Waals surface area contributed by atoms with Crippen LogP contribution in [0.2, 0.25) is 0 Å². The summed E-state index contributed by atoms with van der Waals surface area (Å²) < 4.78 is 3.65. The third-order valence-electron chi connectivity index (χ3n) is 2.74. The molecule has 2 N–H and O–H groups in total. The van der Waals surface area contributed by atoms with Crippen molar-refractivity contribution in [3.05, 3.63) is 0 Å². The molecule has 0 heterocycles. The van der Waals surface area contributed by atoms with Crippen LogP contribution in [0.4, 0.5) is 4.79 Å². The second-order valence-corrected chi connectivity index (χ2v) is 5.94. The molecule has 7 nitrogen and oxygen atoms in total. The number of nitrogens with zero attached hydrogens (tertiary/aromatic N) is 1. The average Bonchev–Trinajstić information content (AvgIpc) is 2.47. The van der Waals surface area contributed by atoms with E-state index in [0.29, 0.717) is 12.2 Å². The van der Waals surface area contributed by atoms with Gasteiger partial charge in [0.2, 0.25) is 0 Å². The first-order valence-electron chi connectivity index (χ1n) is 6.30. The van der Waals surface area contributed by atoms with E-state index in [0.717, 1.165) is 11.5 Å². The lowest BCUT2D eigenvalue weighted by atomic mass is 10.1. The molecule has 0 aliphatic carbocycles. The van der Waals surface area contributed by atoms with E-state index in [1.165, 1.54) is 33.0 Å². The molecule has 0 unspecified atom stereocenters. The van der Waals surface area contributed by atoms with E-state index in [-0.39, 0.29) is 19.1 Å². The highest BCUT2D eigenvalue weighted by molar-refractivity contribution is 8.01. The molecule has 0 aliphatic rings. The fourth-order valence-corrected chi connectivity index (χ4v) is 2.65. The van der Waals surface area contributed by atoms with Gasteiger partial charge in [-0.15, -0.1) is 11.8 Å². The van der Waals surface area contributed by atoms with Gasteiger partial charge in [0.25, 0.3) is 5.91 Å². The predicted molar refractivity (Wildman–Crippen MR) is 77.4 cm³/mol. The van der Waals surface area contributed by atoms with Crippen LogP contribution >= 0.6 is 11.8 Å². The molecule has 0 radical (unpaired) electrons. The minimum atomic E-state index is -0.853. The van der Waals surface area contributed by atoms with Crippen molar-refractivity contribution >= 4 is 23.8 Å². The number of rotatable bonds is 9. The van der Waals surface area contributed by atoms with Gasteiger partial charge in [-0.25, -0.2) is 9.86 Å². The van der Waals surface area contributed by atoms with Crippen LogP contribution in [0, 0.1) is 0 Å². The minimum Gasteiger partial charge on any atom is -0.453 e. The molecule has 0 rings (SSSR count). The number of unbranched alkanes of at least 4 members (excludes halogenated alkanes) is 1. The summed E-state index contributed by atoms with van der Waals surface area (Å²) in [5.74, 6) is 0.453. The van der Waals surface area contributed by atoms with E-state index >= 15 is 0 Å². The molecule has 0 saturated carbocycles. The number of methoxy groups -OCH3 is 1. The fraction of sp³-hybridized carbons (Fsp3) is 0.833. The summed E-state index contributed by atoms with van der Waals surface area (Å²) in [6.45, 7) is 2.00. The van der Waals surface area contributed by atoms with Crippen molar-refractivity contribution in [1.29, 1.82) is 0 Å². The molecule has 1 atom stereocenters. The minimum absolute atomic E-state index is 0.129. The maximum Gasteiger partial charge on any atom is 0.406 e. The Balaban J connectivity index is 4.65. The van der Waals surface area contributed by atoms with Gasteiger partial charge >= 0.3 is 6.09 Å². The highest BCUT2D eigenvalue weighted by atomic mass is 32.2. The lowest BCUT2D eigenvalue weighted by molar-refractivity contribution is -0.170. The zero-order valence-electron chi connectivity index (χ0n) is 12.5. The van der Waals surface area contributed by atoms with Gasteiger partial charge in [0, 0.05) is 20.2 Å². The molecule has 20 heavy (non-hydrogen) atoms. The zero-order valence-corrected chi connectivity index (χ0v) is 13.3. The van der Waals surface area contributed by atoms with Gasteiger partial charge in [-0.2, -0.15) is 0 Å². The Morgan fingerprint density at radius 3 is 2.50 bits per heavy atom. The number of thioether (sulfide) groups is 1. The van der Waals surface area contributed by atoms with Crippen LogP contribution in [-0.4, -0.2) is 67.1 Å². The van der Waals surface area contributed by atoms with Crippen LogP contribution in [0.5, 0.6) is 0 Å². The molecule has 0 fully saturated rings. The second kappa shape index (κ2) is 9.84. The highest BCUT2D eigenvalue weighted by Crippen LogP contribution is 2.27. The van der Waals surface area contributed by atoms with Crippen molar-refractivity contribution < 1.29 is 24.3 Å². The van der Waals surface area contributed by atoms with Crippen LogP contribution in [0.25, 0.3) is 0 Å². The molecular formula is C12H24N2O5S. The van der Waals surface area contributed by atoms with Gasteiger partial charge in [0.1, 0.15) is 4.75 Å². The summed E-state index contributed by atoms with van der Waals surface area (Å²) in [5, 5.41) is 12.4. The first-order valence-corrected chi connectivity index (χ1v) is 7.28. The second-order valence-electron chi connectivity index (χ2n) is 4.34. The number of ether oxygens (including phenoxy) is 1. The van der Waals surface area contributed by atoms with Crippen molar-refractivity contribution in [3.63, 3.8) is 0 Å². The number of carbonyl (C=O) groups is 2. The molecular weight excluding hydrogens is 284 g/mol. The lowest BCUT2D eigenvalue weighted by Crippen LogP contribution is -2.50. The lowest BCUT2D eigenvalue weighted by Gasteiger charge is -2.31. The smallest absolute Gasteiger partial charge is 0.406 e. The number of aliphatic hydroxyl groups is 1. The SMILES string of the molecule is COC(=O)NC[C@](C)(SCCCCO)C(=O)N(C)OC. The van der Waals surface area contributed by atoms with E-state index < -0.39 is 10.8 Å². The largest absolute Gasteiger partial charge is 0.453 e. The summed E-state index contributed by atoms with van der Waals surface area (Å²) in [4.78, 5) is 28.4. The Morgan fingerprint density at radius 2 is 2.00 bits per heavy atom. The highest BCUT2D eigenvalue weighted by Gasteiger charge is 2.37. The zero-order chi connectivity index (χ0) is 15.6. The quantitative estimate of drug-likeness (QED) is 0.480. The Labute approximate surface area is 123 Å². The van der Waals surface area contributed by atoms with Crippen molar-refractivity contribution in [1.82, 2.24) is 10.4 Å². The molecule has 2 amide bonds. The van der Waals surface area contributed by atoms with E-state index in [4.69, 9.17) is 9.94 Å². The standard InChI is InChI=1S/C12H24N2O5S/c1-12(9-13-11(17)18-3,10(16)14(2)19-4)20-8-6-5-7-15/h15H,5-9H2,1-4H3,(H,13,17)/t12-/m0/s1. The van der Waals surface area contributed by atoms with Crippen molar-refractivity contribution in [2.45, 2.75) is 24.5 Å². The van der Waals surface area contributed by atoms with Gasteiger partial charge in [0.15, 0.2) is 0 Å². The number of hydrogen-bond acceptors (Lipinski definition) is 6. The van der Waals surface area contributed by atoms with Crippen molar-refractivity contribution in [3.8, 4) is 0 Å². The normalized spacial score (nSPS) is 13.4. The number of hydrogen-bond donors (Lipinski definition) is 2. The van der Waals surface area contributed by atoms with Crippen molar-refractivity contribution in [2.75, 3.05) is 40.2 Å². The van der Waals surface area contributed by atoms with E-state index in [1.54, 1.807) is 6.92 Å². The fourth-order valence-electron chi connectivity index (χ4n) is 1.43. The van der Waals surface area contributed by atoms with Crippen LogP contribution in [0.1, 0.15) is 19.8 Å². The third kappa shape index (κ3) is 6.44. The number of aliphatic hydroxyl groups excluding tert-OH is 1. The van der Waals surface area contributed by atoms with Gasteiger partial charge in [-0.05, 0) is 25.5 Å². The number of carbonyl (C=O) groups excluding carboxylic acids is 2. The average molecular weight is 308 g/mol. The summed E-state index contributed by atoms with van der Waals surface area (Å²) in [6.07, 6.45) is 0.890. The number of amides is 2. The predicted octanol–water partition coefficient (Wildman–Crippen LogP) is 0.627. The molecule has 0 aromatic heterocycles. The summed E-state index contributed by atoms with van der Waals surface area (Å²) in [6, 6.07) is 0. The van der Waals surface area contributed by atoms with Gasteiger partial charge in [-0.1, -0.05) is 0 Å². The first-order chi connectivity index (χ1) is 9.41. The monoisotopic (exact) mass is 308 g/mol. The molecule has 0 bridgehead atoms.